The van der Waals surface area contributed by atoms with Crippen molar-refractivity contribution in [3.05, 3.63) is 0 Å². The highest BCUT2D eigenvalue weighted by molar-refractivity contribution is 4.95. The quantitative estimate of drug-likeness (QED) is 0.104. The molecule has 246 valence electrons. The summed E-state index contributed by atoms with van der Waals surface area (Å²) in [6.07, 6.45) is -7.13. The summed E-state index contributed by atoms with van der Waals surface area (Å²) in [6, 6.07) is -1.66. The second-order valence-electron chi connectivity index (χ2n) is 10.4. The number of ether oxygens (including phenoxy) is 3. The fourth-order valence-electron chi connectivity index (χ4n) is 4.70. The molecule has 17 nitrogen and oxygen atoms in total. The summed E-state index contributed by atoms with van der Waals surface area (Å²) in [5.41, 5.74) is 11.8. The molecule has 0 spiro atoms. The van der Waals surface area contributed by atoms with Crippen LogP contribution in [0.15, 0.2) is 0 Å². The van der Waals surface area contributed by atoms with E-state index in [1.165, 1.54) is 0 Å². The number of nitrogens with two attached hydrogens (primary N) is 2. The summed E-state index contributed by atoms with van der Waals surface area (Å²) in [5, 5.41) is 97.6. The highest BCUT2D eigenvalue weighted by atomic mass is 16.7. The van der Waals surface area contributed by atoms with Gasteiger partial charge < -0.3 is 87.4 Å². The third kappa shape index (κ3) is 13.2. The van der Waals surface area contributed by atoms with Crippen LogP contribution >= 0.6 is 0 Å². The second-order valence-corrected chi connectivity index (χ2v) is 10.4. The predicted octanol–water partition coefficient (Wildman–Crippen LogP) is -7.03. The topological polar surface area (TPSA) is 306 Å². The minimum absolute atomic E-state index is 0.0303. The van der Waals surface area contributed by atoms with E-state index in [2.05, 4.69) is 15.4 Å². The average molecular weight is 605 g/mol. The fraction of sp³-hybridized carbons (Fsp3) is 1.00. The lowest BCUT2D eigenvalue weighted by molar-refractivity contribution is -0.276. The van der Waals surface area contributed by atoms with E-state index in [9.17, 15) is 25.5 Å². The van der Waals surface area contributed by atoms with Crippen molar-refractivity contribution < 1.29 is 65.3 Å². The Morgan fingerprint density at radius 2 is 1.54 bits per heavy atom. The van der Waals surface area contributed by atoms with Gasteiger partial charge in [0.25, 0.3) is 0 Å². The van der Waals surface area contributed by atoms with Crippen LogP contribution in [-0.2, 0) is 14.2 Å². The lowest BCUT2D eigenvalue weighted by Crippen LogP contribution is -2.60. The van der Waals surface area contributed by atoms with Crippen molar-refractivity contribution in [2.45, 2.75) is 105 Å². The molecule has 2 aliphatic heterocycles. The molecular weight excluding hydrogens is 552 g/mol. The molecule has 2 saturated heterocycles. The Morgan fingerprint density at radius 3 is 2.07 bits per heavy atom. The van der Waals surface area contributed by atoms with Crippen molar-refractivity contribution in [3.63, 3.8) is 0 Å². The molecule has 3 fully saturated rings. The number of aliphatic hydroxyl groups is 10. The van der Waals surface area contributed by atoms with Gasteiger partial charge in [0.15, 0.2) is 12.6 Å². The van der Waals surface area contributed by atoms with Gasteiger partial charge in [-0.25, -0.2) is 0 Å². The van der Waals surface area contributed by atoms with Crippen LogP contribution in [0.1, 0.15) is 25.7 Å². The molecule has 3 aliphatic rings. The largest absolute Gasteiger partial charge is 0.400 e. The van der Waals surface area contributed by atoms with Crippen LogP contribution in [0.2, 0.25) is 0 Å². The molecule has 0 bridgehead atoms. The Hall–Kier alpha value is -0.680. The predicted molar refractivity (Wildman–Crippen MR) is 143 cm³/mol. The molecule has 9 unspecified atom stereocenters. The van der Waals surface area contributed by atoms with Crippen molar-refractivity contribution in [1.29, 1.82) is 0 Å². The summed E-state index contributed by atoms with van der Waals surface area (Å²) in [5.74, 6) is 0. The smallest absolute Gasteiger partial charge is 0.181 e. The van der Waals surface area contributed by atoms with Crippen molar-refractivity contribution >= 4 is 0 Å². The molecule has 0 radical (unpaired) electrons. The van der Waals surface area contributed by atoms with Gasteiger partial charge in [-0.15, -0.1) is 0 Å². The minimum atomic E-state index is -1.12. The SMILES string of the molecule is CO.NC(CO)CNCC1O[C@H](O[C@@H]2C(N)CC(NC(CO)CO)CC2O)CC(O)[C@@H]1O.OC1COC(O)C(O)C1. The summed E-state index contributed by atoms with van der Waals surface area (Å²) in [4.78, 5) is 0. The van der Waals surface area contributed by atoms with Gasteiger partial charge in [-0.1, -0.05) is 0 Å². The van der Waals surface area contributed by atoms with Gasteiger partial charge in [0.2, 0.25) is 0 Å². The van der Waals surface area contributed by atoms with Gasteiger partial charge in [-0.05, 0) is 12.8 Å². The summed E-state index contributed by atoms with van der Waals surface area (Å²) in [7, 11) is 1.00. The molecule has 0 amide bonds. The van der Waals surface area contributed by atoms with Crippen molar-refractivity contribution in [1.82, 2.24) is 10.6 Å². The van der Waals surface area contributed by atoms with Crippen molar-refractivity contribution in [2.75, 3.05) is 46.6 Å². The molecule has 1 aliphatic carbocycles. The summed E-state index contributed by atoms with van der Waals surface area (Å²) >= 11 is 0. The van der Waals surface area contributed by atoms with Crippen LogP contribution in [0.25, 0.3) is 0 Å². The Kier molecular flexibility index (Phi) is 19.0. The first kappa shape index (κ1) is 38.3. The monoisotopic (exact) mass is 604 g/mol. The van der Waals surface area contributed by atoms with Gasteiger partial charge in [-0.2, -0.15) is 0 Å². The van der Waals surface area contributed by atoms with Crippen LogP contribution < -0.4 is 22.1 Å². The van der Waals surface area contributed by atoms with Crippen molar-refractivity contribution in [3.8, 4) is 0 Å². The van der Waals surface area contributed by atoms with Crippen LogP contribution in [0.5, 0.6) is 0 Å². The summed E-state index contributed by atoms with van der Waals surface area (Å²) in [6.45, 7) is -0.0207. The maximum absolute atomic E-state index is 10.5. The maximum atomic E-state index is 10.5. The third-order valence-electron chi connectivity index (χ3n) is 6.93. The standard InChI is InChI=1S/C18H38N4O8.C5H10O4.CH4O/c19-9(6-23)4-21-5-15-17(28)13(26)3-16(29-15)30-18-12(20)1-10(2-14(18)27)22-11(7-24)8-25;6-3-1-4(7)5(8)9-2-3;1-2/h9-18,21-28H,1-8,19-20H2;3-8H,1-2H2;2H,1H3/t9?,10?,12?,13?,14?,15?,16-,17+,18-;;/m1../s1. The molecule has 17 heteroatoms. The molecule has 2 heterocycles. The molecule has 16 N–H and O–H groups in total. The molecule has 0 aromatic heterocycles. The highest BCUT2D eigenvalue weighted by Crippen LogP contribution is 2.27. The number of nitrogens with one attached hydrogen (secondary N) is 2. The van der Waals surface area contributed by atoms with E-state index in [4.69, 9.17) is 46.5 Å². The Bertz CT molecular complexity index is 659. The zero-order chi connectivity index (χ0) is 31.1. The van der Waals surface area contributed by atoms with Crippen molar-refractivity contribution in [2.24, 2.45) is 11.5 Å². The maximum Gasteiger partial charge on any atom is 0.181 e. The summed E-state index contributed by atoms with van der Waals surface area (Å²) < 4.78 is 16.2. The van der Waals surface area contributed by atoms with Crippen LogP contribution in [-0.4, -0.2) is 177 Å². The van der Waals surface area contributed by atoms with Crippen LogP contribution in [0.3, 0.4) is 0 Å². The third-order valence-corrected chi connectivity index (χ3v) is 6.93. The first-order valence-electron chi connectivity index (χ1n) is 13.7. The molecule has 0 aromatic carbocycles. The zero-order valence-corrected chi connectivity index (χ0v) is 23.4. The molecule has 0 aromatic rings. The minimum Gasteiger partial charge on any atom is -0.400 e. The average Bonchev–Trinajstić information content (AvgIpc) is 2.95. The molecule has 12 atom stereocenters. The Morgan fingerprint density at radius 1 is 0.878 bits per heavy atom. The van der Waals surface area contributed by atoms with Gasteiger partial charge in [0.05, 0.1) is 50.8 Å². The van der Waals surface area contributed by atoms with Crippen LogP contribution in [0, 0.1) is 0 Å². The number of hydrogen-bond acceptors (Lipinski definition) is 17. The van der Waals surface area contributed by atoms with E-state index in [-0.39, 0.29) is 51.9 Å². The van der Waals surface area contributed by atoms with E-state index >= 15 is 0 Å². The van der Waals surface area contributed by atoms with Gasteiger partial charge in [0, 0.05) is 51.2 Å². The molecule has 3 rings (SSSR count). The lowest BCUT2D eigenvalue weighted by Gasteiger charge is -2.43. The lowest BCUT2D eigenvalue weighted by atomic mass is 9.86. The van der Waals surface area contributed by atoms with Gasteiger partial charge >= 0.3 is 0 Å². The van der Waals surface area contributed by atoms with Crippen LogP contribution in [0.4, 0.5) is 0 Å². The van der Waals surface area contributed by atoms with E-state index in [0.29, 0.717) is 19.4 Å². The van der Waals surface area contributed by atoms with Gasteiger partial charge in [0.1, 0.15) is 24.4 Å². The Balaban J connectivity index is 0.000000641. The first-order valence-corrected chi connectivity index (χ1v) is 13.7. The number of rotatable bonds is 11. The van der Waals surface area contributed by atoms with E-state index in [1.54, 1.807) is 0 Å². The fourth-order valence-corrected chi connectivity index (χ4v) is 4.70. The van der Waals surface area contributed by atoms with E-state index in [1.807, 2.05) is 0 Å². The van der Waals surface area contributed by atoms with E-state index in [0.717, 1.165) is 7.11 Å². The Labute approximate surface area is 239 Å². The molecule has 41 heavy (non-hydrogen) atoms. The first-order chi connectivity index (χ1) is 19.5. The van der Waals surface area contributed by atoms with Gasteiger partial charge in [-0.3, -0.25) is 0 Å². The number of hydrogen-bond donors (Lipinski definition) is 14. The second kappa shape index (κ2) is 20.3. The zero-order valence-electron chi connectivity index (χ0n) is 23.4. The van der Waals surface area contributed by atoms with E-state index < -0.39 is 73.4 Å². The number of aliphatic hydroxyl groups excluding tert-OH is 10. The highest BCUT2D eigenvalue weighted by Gasteiger charge is 2.42. The molecular formula is C24H52N4O13. The normalized spacial score (nSPS) is 38.3. The molecule has 1 saturated carbocycles.